The summed E-state index contributed by atoms with van der Waals surface area (Å²) in [6, 6.07) is 53.6. The number of ether oxygens (including phenoxy) is 11. The number of aliphatic imine (C=N–C) groups is 3. The molecule has 0 amide bonds. The molecule has 0 saturated heterocycles. The van der Waals surface area contributed by atoms with Crippen LogP contribution in [0.15, 0.2) is 179 Å². The van der Waals surface area contributed by atoms with E-state index in [2.05, 4.69) is 198 Å². The molecular formula is C103H118N6O17. The second-order valence-corrected chi connectivity index (χ2v) is 39.7. The number of para-hydroxylation sites is 3. The Morgan fingerprint density at radius 1 is 0.381 bits per heavy atom. The van der Waals surface area contributed by atoms with E-state index in [0.29, 0.717) is 41.7 Å². The van der Waals surface area contributed by atoms with E-state index in [4.69, 9.17) is 67.1 Å². The maximum atomic E-state index is 13.5. The van der Waals surface area contributed by atoms with Gasteiger partial charge in [0.2, 0.25) is 11.4 Å². The lowest BCUT2D eigenvalue weighted by molar-refractivity contribution is -0.160. The van der Waals surface area contributed by atoms with Gasteiger partial charge in [-0.05, 0) is 170 Å². The standard InChI is InChI=1S/C103H118N6O17/c1-64(119-86(110)43-46-89(113)122-71-38-33-67-31-32-70-52-101(58-104-92(70)75(67)49-71)98(13,14)78-25-19-22-28-81(78)107(101)61-95(4,5)6)53-116-56-74(118-55-66(3)121-88(112)45-48-91(115)124-73-40-35-69-37-42-85-94(77(69)51-73)106-60-103(126-85)100(17,18)80-27-21-24-30-83(80)109(103)63-97(10,11)12)57-117-54-65(2)120-87(111)44-47-90(114)123-72-39-34-68-36-41-84-93(76(68)50-72)105-59-102(125-84)99(15,16)79-26-20-23-29-82(79)108(102)62-96(7,8)9/h19-42,49-51,58-60,64-66,74H,43-48,52-57,61-63H2,1-18H3. The number of rotatable bonds is 29. The van der Waals surface area contributed by atoms with Crippen molar-refractivity contribution in [3.05, 3.63) is 186 Å². The Bertz CT molecular complexity index is 5580. The minimum Gasteiger partial charge on any atom is -0.460 e. The monoisotopic (exact) mass is 1710 g/mol. The Morgan fingerprint density at radius 3 is 1.12 bits per heavy atom. The molecule has 126 heavy (non-hydrogen) atoms. The van der Waals surface area contributed by atoms with Crippen LogP contribution in [0.4, 0.5) is 34.1 Å². The van der Waals surface area contributed by atoms with E-state index in [1.807, 2.05) is 73.1 Å². The number of hydrogen-bond acceptors (Lipinski definition) is 23. The summed E-state index contributed by atoms with van der Waals surface area (Å²) in [5.74, 6) is -1.80. The summed E-state index contributed by atoms with van der Waals surface area (Å²) in [5.41, 5.74) is 6.61. The second-order valence-electron chi connectivity index (χ2n) is 39.7. The Hall–Kier alpha value is -11.5. The van der Waals surface area contributed by atoms with Gasteiger partial charge in [0.25, 0.3) is 0 Å². The van der Waals surface area contributed by atoms with E-state index in [0.717, 1.165) is 67.9 Å². The van der Waals surface area contributed by atoms with Gasteiger partial charge in [0, 0.05) is 70.9 Å². The third-order valence-corrected chi connectivity index (χ3v) is 24.9. The maximum Gasteiger partial charge on any atom is 0.311 e. The fraction of sp³-hybridized carbons (Fsp3) is 0.447. The van der Waals surface area contributed by atoms with Crippen LogP contribution in [0.3, 0.4) is 0 Å². The number of carbonyl (C=O) groups excluding carboxylic acids is 6. The first kappa shape index (κ1) is 89.3. The summed E-state index contributed by atoms with van der Waals surface area (Å²) in [4.78, 5) is 103. The molecule has 0 bridgehead atoms. The molecule has 0 N–H and O–H groups in total. The van der Waals surface area contributed by atoms with E-state index in [1.165, 1.54) is 22.4 Å². The first-order chi connectivity index (χ1) is 59.6. The van der Waals surface area contributed by atoms with Gasteiger partial charge in [0.05, 0.1) is 106 Å². The van der Waals surface area contributed by atoms with Crippen LogP contribution in [-0.2, 0) is 79.9 Å². The summed E-state index contributed by atoms with van der Waals surface area (Å²) < 4.78 is 67.2. The Balaban J connectivity index is 0.539. The van der Waals surface area contributed by atoms with Gasteiger partial charge in [-0.1, -0.05) is 173 Å². The van der Waals surface area contributed by atoms with E-state index in [9.17, 15) is 28.8 Å². The predicted molar refractivity (Wildman–Crippen MR) is 491 cm³/mol. The van der Waals surface area contributed by atoms with Crippen LogP contribution < -0.4 is 38.4 Å². The lowest BCUT2D eigenvalue weighted by atomic mass is 9.66. The van der Waals surface area contributed by atoms with Gasteiger partial charge in [0.1, 0.15) is 64.5 Å². The van der Waals surface area contributed by atoms with E-state index in [1.54, 1.807) is 51.1 Å². The summed E-state index contributed by atoms with van der Waals surface area (Å²) in [7, 11) is 0. The van der Waals surface area contributed by atoms with Crippen molar-refractivity contribution >= 4 is 121 Å². The minimum atomic E-state index is -0.920. The third-order valence-electron chi connectivity index (χ3n) is 24.9. The van der Waals surface area contributed by atoms with Gasteiger partial charge in [-0.2, -0.15) is 0 Å². The van der Waals surface area contributed by atoms with Gasteiger partial charge < -0.3 is 66.8 Å². The lowest BCUT2D eigenvalue weighted by Gasteiger charge is -2.49. The Kier molecular flexibility index (Phi) is 24.6. The van der Waals surface area contributed by atoms with Gasteiger partial charge >= 0.3 is 35.8 Å². The highest BCUT2D eigenvalue weighted by atomic mass is 16.6. The van der Waals surface area contributed by atoms with Crippen LogP contribution in [0.5, 0.6) is 28.7 Å². The zero-order valence-electron chi connectivity index (χ0n) is 75.9. The van der Waals surface area contributed by atoms with Crippen molar-refractivity contribution in [2.75, 3.05) is 67.4 Å². The van der Waals surface area contributed by atoms with Crippen LogP contribution in [0.1, 0.15) is 185 Å². The molecule has 23 nitrogen and oxygen atoms in total. The van der Waals surface area contributed by atoms with E-state index in [-0.39, 0.29) is 105 Å². The molecule has 23 heteroatoms. The molecule has 6 aliphatic heterocycles. The summed E-state index contributed by atoms with van der Waals surface area (Å²) in [6.45, 7) is 40.1. The zero-order chi connectivity index (χ0) is 89.8. The minimum absolute atomic E-state index is 0.0104. The van der Waals surface area contributed by atoms with E-state index < -0.39 is 88.1 Å². The molecule has 0 saturated carbocycles. The number of benzene rings is 9. The number of nitrogens with zero attached hydrogens (tertiary/aromatic N) is 6. The summed E-state index contributed by atoms with van der Waals surface area (Å²) in [6.07, 6.45) is 1.90. The molecule has 7 unspecified atom stereocenters. The molecule has 0 aromatic heterocycles. The first-order valence-electron chi connectivity index (χ1n) is 44.0. The molecule has 662 valence electrons. The number of carbonyl (C=O) groups is 6. The highest BCUT2D eigenvalue weighted by Gasteiger charge is 2.63. The van der Waals surface area contributed by atoms with Gasteiger partial charge in [-0.25, -0.2) is 0 Å². The van der Waals surface area contributed by atoms with Crippen LogP contribution >= 0.6 is 0 Å². The molecule has 15 rings (SSSR count). The SMILES string of the molecule is CC(COCC(COCC(C)OC(=O)CCC(=O)Oc1ccc2ccc3c(c2c1)N=CC1(O3)N(CC(C)(C)C)c2ccccc2C1(C)C)OCC(C)OC(=O)CCC(=O)Oc1ccc2ccc3c(c2c1)N=CC1(O3)N(CC(C)(C)C)c2ccccc2C1(C)C)OC(=O)CCC(=O)Oc1ccc2ccc3c(c2c1)N=CC1(C3)N(CC(C)(C)C)c2ccccc2C1(C)C. The molecule has 0 radical (unpaired) electrons. The molecule has 7 atom stereocenters. The smallest absolute Gasteiger partial charge is 0.311 e. The molecule has 6 aliphatic rings. The number of fused-ring (bicyclic) bond motifs is 12. The number of esters is 6. The third kappa shape index (κ3) is 18.0. The highest BCUT2D eigenvalue weighted by molar-refractivity contribution is 6.04. The van der Waals surface area contributed by atoms with Crippen molar-refractivity contribution in [2.24, 2.45) is 31.2 Å². The average Bonchev–Trinajstić information content (AvgIpc) is 1.54. The zero-order valence-corrected chi connectivity index (χ0v) is 75.9. The van der Waals surface area contributed by atoms with Crippen LogP contribution in [0.2, 0.25) is 0 Å². The fourth-order valence-corrected chi connectivity index (χ4v) is 18.6. The Morgan fingerprint density at radius 2 is 0.714 bits per heavy atom. The van der Waals surface area contributed by atoms with E-state index >= 15 is 0 Å². The summed E-state index contributed by atoms with van der Waals surface area (Å²) >= 11 is 0. The van der Waals surface area contributed by atoms with Crippen molar-refractivity contribution in [1.29, 1.82) is 0 Å². The Labute approximate surface area is 738 Å². The maximum absolute atomic E-state index is 13.5. The average molecular weight is 1710 g/mol. The fourth-order valence-electron chi connectivity index (χ4n) is 18.6. The highest BCUT2D eigenvalue weighted by Crippen LogP contribution is 2.60. The number of anilines is 3. The first-order valence-corrected chi connectivity index (χ1v) is 44.0. The second kappa shape index (κ2) is 34.7. The predicted octanol–water partition coefficient (Wildman–Crippen LogP) is 19.9. The molecular weight excluding hydrogens is 1590 g/mol. The molecule has 0 aliphatic carbocycles. The van der Waals surface area contributed by atoms with Crippen LogP contribution in [0, 0.1) is 16.2 Å². The topological polar surface area (TPSA) is 251 Å². The van der Waals surface area contributed by atoms with Gasteiger partial charge in [-0.3, -0.25) is 43.7 Å². The van der Waals surface area contributed by atoms with Crippen molar-refractivity contribution in [1.82, 2.24) is 0 Å². The molecule has 0 fully saturated rings. The van der Waals surface area contributed by atoms with Crippen LogP contribution in [0.25, 0.3) is 32.3 Å². The largest absolute Gasteiger partial charge is 0.460 e. The molecule has 6 heterocycles. The molecule has 9 aromatic carbocycles. The summed E-state index contributed by atoms with van der Waals surface area (Å²) in [5, 5.41) is 4.99. The van der Waals surface area contributed by atoms with Crippen molar-refractivity contribution in [2.45, 2.75) is 227 Å². The van der Waals surface area contributed by atoms with Crippen LogP contribution in [-0.4, -0.2) is 149 Å². The normalized spacial score (nSPS) is 19.9. The molecule has 3 spiro atoms. The number of hydrogen-bond donors (Lipinski definition) is 0. The van der Waals surface area contributed by atoms with Crippen molar-refractivity contribution in [3.63, 3.8) is 0 Å². The van der Waals surface area contributed by atoms with Crippen molar-refractivity contribution < 1.29 is 80.9 Å². The molecule has 9 aromatic rings. The van der Waals surface area contributed by atoms with Gasteiger partial charge in [-0.15, -0.1) is 0 Å². The van der Waals surface area contributed by atoms with Crippen molar-refractivity contribution in [3.8, 4) is 28.7 Å². The quantitative estimate of drug-likeness (QED) is 0.0240. The van der Waals surface area contributed by atoms with Gasteiger partial charge in [0.15, 0.2) is 0 Å². The lowest BCUT2D eigenvalue weighted by Crippen LogP contribution is -2.63.